The van der Waals surface area contributed by atoms with Crippen LogP contribution >= 0.6 is 0 Å². The number of ether oxygens (including phenoxy) is 5. The molecule has 0 amide bonds. The van der Waals surface area contributed by atoms with Gasteiger partial charge in [0.05, 0.1) is 7.11 Å². The Morgan fingerprint density at radius 1 is 0.769 bits per heavy atom. The molecule has 0 atom stereocenters. The Bertz CT molecular complexity index is 1620. The topological polar surface area (TPSA) is 128 Å². The van der Waals surface area contributed by atoms with Crippen molar-refractivity contribution in [2.24, 2.45) is 0 Å². The van der Waals surface area contributed by atoms with Crippen LogP contribution in [0.1, 0.15) is 26.3 Å². The van der Waals surface area contributed by atoms with Crippen LogP contribution in [0.4, 0.5) is 0 Å². The molecule has 0 bridgehead atoms. The maximum absolute atomic E-state index is 13.6. The third-order valence-corrected chi connectivity index (χ3v) is 5.32. The Kier molecular flexibility index (Phi) is 7.95. The van der Waals surface area contributed by atoms with Gasteiger partial charge in [-0.1, -0.05) is 30.3 Å². The Morgan fingerprint density at radius 2 is 1.44 bits per heavy atom. The van der Waals surface area contributed by atoms with E-state index in [1.807, 2.05) is 30.3 Å². The van der Waals surface area contributed by atoms with E-state index in [0.717, 1.165) is 12.5 Å². The van der Waals surface area contributed by atoms with Crippen LogP contribution in [0.15, 0.2) is 69.9 Å². The SMILES string of the molecule is COc1cc(OC(C)=O)c2c(=O)c(OC(C)=O)c(-c3ccc(OCc4ccccc4)c(OC(C)=O)c3)oc2c1. The fraction of sp³-hybridized carbons (Fsp3) is 0.172. The van der Waals surface area contributed by atoms with Gasteiger partial charge in [-0.15, -0.1) is 0 Å². The first kappa shape index (κ1) is 26.9. The van der Waals surface area contributed by atoms with E-state index in [2.05, 4.69) is 0 Å². The molecule has 200 valence electrons. The molecule has 0 aliphatic rings. The van der Waals surface area contributed by atoms with Gasteiger partial charge in [0, 0.05) is 38.5 Å². The van der Waals surface area contributed by atoms with E-state index in [0.29, 0.717) is 0 Å². The molecule has 4 aromatic rings. The molecular formula is C29H24O10. The average Bonchev–Trinajstić information content (AvgIpc) is 2.88. The second-order valence-corrected chi connectivity index (χ2v) is 8.30. The van der Waals surface area contributed by atoms with Crippen LogP contribution in [-0.2, 0) is 21.0 Å². The van der Waals surface area contributed by atoms with Crippen LogP contribution in [0.25, 0.3) is 22.3 Å². The summed E-state index contributed by atoms with van der Waals surface area (Å²) < 4.78 is 33.0. The van der Waals surface area contributed by atoms with Crippen molar-refractivity contribution in [2.75, 3.05) is 7.11 Å². The van der Waals surface area contributed by atoms with Crippen LogP contribution in [0.5, 0.6) is 28.7 Å². The van der Waals surface area contributed by atoms with E-state index >= 15 is 0 Å². The van der Waals surface area contributed by atoms with Crippen LogP contribution < -0.4 is 29.1 Å². The van der Waals surface area contributed by atoms with Crippen molar-refractivity contribution in [1.29, 1.82) is 0 Å². The molecule has 0 unspecified atom stereocenters. The molecule has 0 radical (unpaired) electrons. The molecule has 4 rings (SSSR count). The van der Waals surface area contributed by atoms with E-state index in [1.165, 1.54) is 45.2 Å². The Morgan fingerprint density at radius 3 is 2.08 bits per heavy atom. The molecule has 10 heteroatoms. The van der Waals surface area contributed by atoms with Crippen LogP contribution in [-0.4, -0.2) is 25.0 Å². The summed E-state index contributed by atoms with van der Waals surface area (Å²) in [6.45, 7) is 3.74. The van der Waals surface area contributed by atoms with Crippen LogP contribution in [0.3, 0.4) is 0 Å². The van der Waals surface area contributed by atoms with Crippen LogP contribution in [0, 0.1) is 0 Å². The number of carbonyl (C=O) groups is 3. The first-order valence-electron chi connectivity index (χ1n) is 11.7. The van der Waals surface area contributed by atoms with E-state index in [9.17, 15) is 19.2 Å². The van der Waals surface area contributed by atoms with E-state index in [4.69, 9.17) is 28.1 Å². The number of carbonyl (C=O) groups excluding carboxylic acids is 3. The van der Waals surface area contributed by atoms with E-state index in [-0.39, 0.29) is 51.9 Å². The number of methoxy groups -OCH3 is 1. The zero-order valence-electron chi connectivity index (χ0n) is 21.6. The summed E-state index contributed by atoms with van der Waals surface area (Å²) in [6, 6.07) is 16.7. The second kappa shape index (κ2) is 11.5. The summed E-state index contributed by atoms with van der Waals surface area (Å²) >= 11 is 0. The molecule has 0 saturated carbocycles. The van der Waals surface area contributed by atoms with Crippen molar-refractivity contribution < 1.29 is 42.5 Å². The van der Waals surface area contributed by atoms with Gasteiger partial charge in [-0.2, -0.15) is 0 Å². The number of esters is 3. The van der Waals surface area contributed by atoms with Crippen molar-refractivity contribution in [3.63, 3.8) is 0 Å². The number of fused-ring (bicyclic) bond motifs is 1. The van der Waals surface area contributed by atoms with Gasteiger partial charge in [0.25, 0.3) is 0 Å². The third-order valence-electron chi connectivity index (χ3n) is 5.32. The lowest BCUT2D eigenvalue weighted by atomic mass is 10.1. The van der Waals surface area contributed by atoms with Gasteiger partial charge in [-0.3, -0.25) is 19.2 Å². The molecule has 1 heterocycles. The fourth-order valence-corrected chi connectivity index (χ4v) is 3.76. The summed E-state index contributed by atoms with van der Waals surface area (Å²) in [5.74, 6) is -2.21. The molecule has 39 heavy (non-hydrogen) atoms. The van der Waals surface area contributed by atoms with Crippen LogP contribution in [0.2, 0.25) is 0 Å². The minimum absolute atomic E-state index is 0.0000533. The molecular weight excluding hydrogens is 508 g/mol. The summed E-state index contributed by atoms with van der Waals surface area (Å²) in [7, 11) is 1.39. The lowest BCUT2D eigenvalue weighted by molar-refractivity contribution is -0.133. The third kappa shape index (κ3) is 6.24. The van der Waals surface area contributed by atoms with Gasteiger partial charge >= 0.3 is 17.9 Å². The Balaban J connectivity index is 1.89. The molecule has 0 spiro atoms. The van der Waals surface area contributed by atoms with Gasteiger partial charge in [0.15, 0.2) is 17.3 Å². The molecule has 0 aliphatic carbocycles. The quantitative estimate of drug-likeness (QED) is 0.230. The molecule has 0 saturated heterocycles. The lowest BCUT2D eigenvalue weighted by Gasteiger charge is -2.15. The predicted octanol–water partition coefficient (Wildman–Crippen LogP) is 4.82. The van der Waals surface area contributed by atoms with Gasteiger partial charge in [-0.05, 0) is 23.8 Å². The van der Waals surface area contributed by atoms with Crippen molar-refractivity contribution in [2.45, 2.75) is 27.4 Å². The van der Waals surface area contributed by atoms with Crippen molar-refractivity contribution in [1.82, 2.24) is 0 Å². The Labute approximate surface area is 222 Å². The summed E-state index contributed by atoms with van der Waals surface area (Å²) in [5.41, 5.74) is 0.370. The molecule has 1 aromatic heterocycles. The number of benzene rings is 3. The van der Waals surface area contributed by atoms with Crippen molar-refractivity contribution in [3.8, 4) is 40.1 Å². The lowest BCUT2D eigenvalue weighted by Crippen LogP contribution is -2.15. The minimum Gasteiger partial charge on any atom is -0.496 e. The van der Waals surface area contributed by atoms with Gasteiger partial charge < -0.3 is 28.1 Å². The monoisotopic (exact) mass is 532 g/mol. The fourth-order valence-electron chi connectivity index (χ4n) is 3.76. The predicted molar refractivity (Wildman–Crippen MR) is 139 cm³/mol. The highest BCUT2D eigenvalue weighted by Crippen LogP contribution is 2.40. The summed E-state index contributed by atoms with van der Waals surface area (Å²) in [5, 5.41) is -0.131. The van der Waals surface area contributed by atoms with Crippen molar-refractivity contribution >= 4 is 28.9 Å². The number of hydrogen-bond donors (Lipinski definition) is 0. The molecule has 0 N–H and O–H groups in total. The maximum Gasteiger partial charge on any atom is 0.308 e. The van der Waals surface area contributed by atoms with Gasteiger partial charge in [-0.25, -0.2) is 0 Å². The normalized spacial score (nSPS) is 10.6. The van der Waals surface area contributed by atoms with Gasteiger partial charge in [0.1, 0.15) is 29.1 Å². The molecule has 10 nitrogen and oxygen atoms in total. The zero-order chi connectivity index (χ0) is 28.1. The van der Waals surface area contributed by atoms with Gasteiger partial charge in [0.2, 0.25) is 11.2 Å². The van der Waals surface area contributed by atoms with Crippen molar-refractivity contribution in [3.05, 3.63) is 76.5 Å². The average molecular weight is 533 g/mol. The molecule has 0 fully saturated rings. The first-order chi connectivity index (χ1) is 18.7. The Hall–Kier alpha value is -5.12. The van der Waals surface area contributed by atoms with E-state index in [1.54, 1.807) is 6.07 Å². The smallest absolute Gasteiger partial charge is 0.308 e. The highest BCUT2D eigenvalue weighted by molar-refractivity contribution is 5.91. The summed E-state index contributed by atoms with van der Waals surface area (Å²) in [6.07, 6.45) is 0. The highest BCUT2D eigenvalue weighted by atomic mass is 16.6. The highest BCUT2D eigenvalue weighted by Gasteiger charge is 2.24. The summed E-state index contributed by atoms with van der Waals surface area (Å²) in [4.78, 5) is 49.0. The first-order valence-corrected chi connectivity index (χ1v) is 11.7. The molecule has 3 aromatic carbocycles. The number of hydrogen-bond acceptors (Lipinski definition) is 10. The maximum atomic E-state index is 13.6. The molecule has 0 aliphatic heterocycles. The standard InChI is InChI=1S/C29H24O10/c1-16(30)36-23-12-20(10-11-22(23)35-15-19-8-6-5-7-9-19)28-29(38-18(3)32)27(33)26-24(37-17(2)31)13-21(34-4)14-25(26)39-28/h5-14H,15H2,1-4H3. The number of rotatable bonds is 8. The van der Waals surface area contributed by atoms with E-state index < -0.39 is 29.1 Å². The largest absolute Gasteiger partial charge is 0.496 e. The second-order valence-electron chi connectivity index (χ2n) is 8.30. The minimum atomic E-state index is -0.784. The zero-order valence-corrected chi connectivity index (χ0v) is 21.6.